The van der Waals surface area contributed by atoms with E-state index in [1.807, 2.05) is 0 Å². The summed E-state index contributed by atoms with van der Waals surface area (Å²) in [7, 11) is 0. The lowest BCUT2D eigenvalue weighted by Crippen LogP contribution is -2.46. The van der Waals surface area contributed by atoms with Crippen LogP contribution in [0.1, 0.15) is 24.2 Å². The zero-order valence-corrected chi connectivity index (χ0v) is 12.2. The molecule has 2 aromatic rings. The molecule has 2 amide bonds. The number of hydrazine groups is 1. The number of aromatic nitrogens is 4. The number of carbonyl (C=O) groups excluding carboxylic acids is 2. The van der Waals surface area contributed by atoms with Gasteiger partial charge in [0.05, 0.1) is 5.69 Å². The van der Waals surface area contributed by atoms with E-state index in [1.54, 1.807) is 38.1 Å². The standard InChI is InChI=1S/C13H16N6O3/c1-3-22-9(2)12(20)15-16-13(21)10-4-6-11(7-5-10)19-8-14-17-18-19/h4-9H,3H2,1-2H3,(H,15,20)(H,16,21)/t9-/m1/s1. The van der Waals surface area contributed by atoms with Crippen LogP contribution in [0, 0.1) is 0 Å². The van der Waals surface area contributed by atoms with Gasteiger partial charge in [-0.25, -0.2) is 4.68 Å². The van der Waals surface area contributed by atoms with Crippen LogP contribution in [0.4, 0.5) is 0 Å². The van der Waals surface area contributed by atoms with Crippen LogP contribution in [0.15, 0.2) is 30.6 Å². The van der Waals surface area contributed by atoms with Gasteiger partial charge in [-0.15, -0.1) is 5.10 Å². The van der Waals surface area contributed by atoms with Crippen LogP contribution in [-0.4, -0.2) is 44.7 Å². The van der Waals surface area contributed by atoms with Gasteiger partial charge in [0.25, 0.3) is 11.8 Å². The van der Waals surface area contributed by atoms with Gasteiger partial charge in [-0.05, 0) is 48.5 Å². The number of ether oxygens (including phenoxy) is 1. The van der Waals surface area contributed by atoms with Crippen molar-refractivity contribution in [3.63, 3.8) is 0 Å². The minimum Gasteiger partial charge on any atom is -0.369 e. The Morgan fingerprint density at radius 2 is 2.00 bits per heavy atom. The Bertz CT molecular complexity index is 626. The number of benzene rings is 1. The Labute approximate surface area is 126 Å². The van der Waals surface area contributed by atoms with Crippen LogP contribution in [0.5, 0.6) is 0 Å². The summed E-state index contributed by atoms with van der Waals surface area (Å²) in [4.78, 5) is 23.5. The molecule has 1 heterocycles. The SMILES string of the molecule is CCO[C@H](C)C(=O)NNC(=O)c1ccc(-n2cnnn2)cc1. The van der Waals surface area contributed by atoms with E-state index >= 15 is 0 Å². The maximum atomic E-state index is 11.9. The normalized spacial score (nSPS) is 11.7. The van der Waals surface area contributed by atoms with Crippen LogP contribution >= 0.6 is 0 Å². The first-order valence-corrected chi connectivity index (χ1v) is 6.67. The molecule has 0 unspecified atom stereocenters. The van der Waals surface area contributed by atoms with E-state index < -0.39 is 17.9 Å². The predicted octanol–water partition coefficient (Wildman–Crippen LogP) is -0.152. The Hall–Kier alpha value is -2.81. The van der Waals surface area contributed by atoms with Gasteiger partial charge in [-0.1, -0.05) is 0 Å². The summed E-state index contributed by atoms with van der Waals surface area (Å²) in [5.74, 6) is -0.846. The number of hydrogen-bond donors (Lipinski definition) is 2. The van der Waals surface area contributed by atoms with E-state index in [-0.39, 0.29) is 0 Å². The first-order chi connectivity index (χ1) is 10.6. The third-order valence-electron chi connectivity index (χ3n) is 2.83. The summed E-state index contributed by atoms with van der Waals surface area (Å²) in [6.45, 7) is 3.81. The second-order valence-electron chi connectivity index (χ2n) is 4.34. The van der Waals surface area contributed by atoms with E-state index in [4.69, 9.17) is 4.74 Å². The molecule has 2 N–H and O–H groups in total. The smallest absolute Gasteiger partial charge is 0.269 e. The lowest BCUT2D eigenvalue weighted by Gasteiger charge is -2.12. The molecule has 0 bridgehead atoms. The Morgan fingerprint density at radius 3 is 2.59 bits per heavy atom. The van der Waals surface area contributed by atoms with Crippen molar-refractivity contribution in [3.05, 3.63) is 36.2 Å². The van der Waals surface area contributed by atoms with Crippen molar-refractivity contribution in [2.45, 2.75) is 20.0 Å². The second-order valence-corrected chi connectivity index (χ2v) is 4.34. The van der Waals surface area contributed by atoms with Crippen LogP contribution < -0.4 is 10.9 Å². The summed E-state index contributed by atoms with van der Waals surface area (Å²) in [5.41, 5.74) is 5.74. The van der Waals surface area contributed by atoms with E-state index in [0.717, 1.165) is 5.69 Å². The maximum Gasteiger partial charge on any atom is 0.269 e. The molecule has 0 radical (unpaired) electrons. The number of nitrogens with one attached hydrogen (secondary N) is 2. The molecule has 2 rings (SSSR count). The average Bonchev–Trinajstić information content (AvgIpc) is 3.07. The van der Waals surface area contributed by atoms with E-state index in [0.29, 0.717) is 12.2 Å². The zero-order chi connectivity index (χ0) is 15.9. The lowest BCUT2D eigenvalue weighted by molar-refractivity contribution is -0.132. The van der Waals surface area contributed by atoms with Crippen molar-refractivity contribution in [2.24, 2.45) is 0 Å². The monoisotopic (exact) mass is 304 g/mol. The molecular formula is C13H16N6O3. The summed E-state index contributed by atoms with van der Waals surface area (Å²) >= 11 is 0. The molecule has 0 aliphatic rings. The highest BCUT2D eigenvalue weighted by Crippen LogP contribution is 2.07. The van der Waals surface area contributed by atoms with Gasteiger partial charge >= 0.3 is 0 Å². The molecule has 1 atom stereocenters. The number of hydrogen-bond acceptors (Lipinski definition) is 6. The number of tetrazole rings is 1. The van der Waals surface area contributed by atoms with E-state index in [9.17, 15) is 9.59 Å². The van der Waals surface area contributed by atoms with Crippen molar-refractivity contribution >= 4 is 11.8 Å². The second kappa shape index (κ2) is 7.27. The highest BCUT2D eigenvalue weighted by Gasteiger charge is 2.13. The molecule has 9 heteroatoms. The summed E-state index contributed by atoms with van der Waals surface area (Å²) in [6, 6.07) is 6.58. The molecule has 0 fully saturated rings. The van der Waals surface area contributed by atoms with Gasteiger partial charge in [0, 0.05) is 12.2 Å². The first-order valence-electron chi connectivity index (χ1n) is 6.67. The topological polar surface area (TPSA) is 111 Å². The fraction of sp³-hybridized carbons (Fsp3) is 0.308. The van der Waals surface area contributed by atoms with Gasteiger partial charge in [0.1, 0.15) is 12.4 Å². The third kappa shape index (κ3) is 3.85. The Balaban J connectivity index is 1.91. The van der Waals surface area contributed by atoms with Crippen molar-refractivity contribution in [3.8, 4) is 5.69 Å². The van der Waals surface area contributed by atoms with E-state index in [1.165, 1.54) is 11.0 Å². The molecule has 116 valence electrons. The minimum absolute atomic E-state index is 0.390. The van der Waals surface area contributed by atoms with Gasteiger partial charge in [-0.3, -0.25) is 20.4 Å². The Kier molecular flexibility index (Phi) is 5.15. The zero-order valence-electron chi connectivity index (χ0n) is 12.2. The largest absolute Gasteiger partial charge is 0.369 e. The van der Waals surface area contributed by atoms with Crippen molar-refractivity contribution in [1.29, 1.82) is 0 Å². The molecule has 9 nitrogen and oxygen atoms in total. The molecule has 1 aromatic heterocycles. The molecule has 0 saturated carbocycles. The number of nitrogens with zero attached hydrogens (tertiary/aromatic N) is 4. The van der Waals surface area contributed by atoms with Crippen molar-refractivity contribution < 1.29 is 14.3 Å². The van der Waals surface area contributed by atoms with Crippen LogP contribution in [-0.2, 0) is 9.53 Å². The highest BCUT2D eigenvalue weighted by atomic mass is 16.5. The maximum absolute atomic E-state index is 11.9. The minimum atomic E-state index is -0.632. The van der Waals surface area contributed by atoms with Crippen LogP contribution in [0.25, 0.3) is 5.69 Å². The lowest BCUT2D eigenvalue weighted by atomic mass is 10.2. The fourth-order valence-corrected chi connectivity index (χ4v) is 1.66. The van der Waals surface area contributed by atoms with Crippen LogP contribution in [0.3, 0.4) is 0 Å². The highest BCUT2D eigenvalue weighted by molar-refractivity contribution is 5.95. The van der Waals surface area contributed by atoms with Crippen molar-refractivity contribution in [2.75, 3.05) is 6.61 Å². The van der Waals surface area contributed by atoms with E-state index in [2.05, 4.69) is 26.4 Å². The van der Waals surface area contributed by atoms with Gasteiger partial charge in [0.2, 0.25) is 0 Å². The van der Waals surface area contributed by atoms with Gasteiger partial charge in [0.15, 0.2) is 0 Å². The number of carbonyl (C=O) groups is 2. The number of amides is 2. The molecule has 1 aromatic carbocycles. The molecule has 0 spiro atoms. The quantitative estimate of drug-likeness (QED) is 0.743. The van der Waals surface area contributed by atoms with Crippen molar-refractivity contribution in [1.82, 2.24) is 31.1 Å². The van der Waals surface area contributed by atoms with Gasteiger partial charge in [-0.2, -0.15) is 0 Å². The molecule has 0 saturated heterocycles. The molecule has 0 aliphatic heterocycles. The average molecular weight is 304 g/mol. The first kappa shape index (κ1) is 15.6. The van der Waals surface area contributed by atoms with Gasteiger partial charge < -0.3 is 4.74 Å². The van der Waals surface area contributed by atoms with Crippen LogP contribution in [0.2, 0.25) is 0 Å². The Morgan fingerprint density at radius 1 is 1.27 bits per heavy atom. The predicted molar refractivity (Wildman–Crippen MR) is 75.9 cm³/mol. The molecule has 22 heavy (non-hydrogen) atoms. The molecule has 0 aliphatic carbocycles. The summed E-state index contributed by atoms with van der Waals surface area (Å²) < 4.78 is 6.58. The fourth-order valence-electron chi connectivity index (χ4n) is 1.66. The summed E-state index contributed by atoms with van der Waals surface area (Å²) in [5, 5.41) is 10.8. The summed E-state index contributed by atoms with van der Waals surface area (Å²) in [6.07, 6.45) is 0.817. The third-order valence-corrected chi connectivity index (χ3v) is 2.83. The molecular weight excluding hydrogens is 288 g/mol. The number of rotatable bonds is 5.